The summed E-state index contributed by atoms with van der Waals surface area (Å²) in [6.45, 7) is 0. The maximum atomic E-state index is 5.45. The van der Waals surface area contributed by atoms with Crippen molar-refractivity contribution in [2.45, 2.75) is 15.2 Å². The molecule has 0 saturated carbocycles. The summed E-state index contributed by atoms with van der Waals surface area (Å²) >= 11 is 1.90. The van der Waals surface area contributed by atoms with E-state index in [1.807, 2.05) is 36.0 Å². The Bertz CT molecular complexity index is 3160. The van der Waals surface area contributed by atoms with Gasteiger partial charge in [-0.25, -0.2) is 15.0 Å². The first kappa shape index (κ1) is 33.0. The van der Waals surface area contributed by atoms with Crippen LogP contribution in [0.15, 0.2) is 210 Å². The molecule has 10 aromatic rings. The highest BCUT2D eigenvalue weighted by molar-refractivity contribution is 7.99. The predicted octanol–water partition coefficient (Wildman–Crippen LogP) is 13.7. The van der Waals surface area contributed by atoms with Crippen molar-refractivity contribution < 1.29 is 0 Å². The van der Waals surface area contributed by atoms with Crippen LogP contribution in [0.3, 0.4) is 0 Å². The van der Waals surface area contributed by atoms with E-state index in [0.717, 1.165) is 55.6 Å². The van der Waals surface area contributed by atoms with Crippen molar-refractivity contribution in [3.63, 3.8) is 0 Å². The molecular weight excluding hydrogens is 723 g/mol. The third-order valence-corrected chi connectivity index (χ3v) is 13.1. The van der Waals surface area contributed by atoms with Crippen LogP contribution in [0.25, 0.3) is 78.0 Å². The predicted molar refractivity (Wildman–Crippen MR) is 238 cm³/mol. The Kier molecular flexibility index (Phi) is 7.38. The van der Waals surface area contributed by atoms with Crippen LogP contribution in [-0.2, 0) is 5.41 Å². The zero-order valence-corrected chi connectivity index (χ0v) is 32.1. The minimum atomic E-state index is -0.455. The zero-order valence-electron chi connectivity index (χ0n) is 31.3. The molecule has 270 valence electrons. The third kappa shape index (κ3) is 4.85. The van der Waals surface area contributed by atoms with Crippen LogP contribution in [0.4, 0.5) is 0 Å². The molecule has 3 nitrogen and oxygen atoms in total. The molecule has 0 radical (unpaired) electrons. The lowest BCUT2D eigenvalue weighted by Crippen LogP contribution is -2.32. The number of rotatable bonds is 4. The van der Waals surface area contributed by atoms with Crippen molar-refractivity contribution in [3.8, 4) is 56.3 Å². The summed E-state index contributed by atoms with van der Waals surface area (Å²) in [5.41, 5.74) is 15.3. The molecule has 0 amide bonds. The molecule has 0 saturated heterocycles. The fourth-order valence-corrected chi connectivity index (χ4v) is 10.8. The highest BCUT2D eigenvalue weighted by Gasteiger charge is 2.50. The van der Waals surface area contributed by atoms with E-state index in [0.29, 0.717) is 5.82 Å². The second-order valence-corrected chi connectivity index (χ2v) is 16.1. The quantitative estimate of drug-likeness (QED) is 0.168. The number of benzene rings is 8. The molecule has 0 unspecified atom stereocenters. The Labute approximate surface area is 340 Å². The van der Waals surface area contributed by atoms with Crippen LogP contribution >= 0.6 is 11.8 Å². The molecule has 58 heavy (non-hydrogen) atoms. The molecule has 0 atom stereocenters. The summed E-state index contributed by atoms with van der Waals surface area (Å²) in [5, 5.41) is 3.53. The largest absolute Gasteiger partial charge is 0.247 e. The van der Waals surface area contributed by atoms with Gasteiger partial charge in [0.2, 0.25) is 0 Å². The van der Waals surface area contributed by atoms with Crippen LogP contribution in [0.5, 0.6) is 0 Å². The van der Waals surface area contributed by atoms with Crippen LogP contribution in [-0.4, -0.2) is 15.0 Å². The first-order chi connectivity index (χ1) is 28.8. The standard InChI is InChI=1S/C54H33N3S/c1-3-16-34(17-4-1)47-33-48(57-53(56-47)35-18-5-2-6-19-35)36-20-15-21-37(32-36)51-41-30-31-45-52(50(41)40-24-9-13-28-46(40)55-51)58-49-29-14-12-27-44(49)54(45)42-25-10-7-22-38(42)39-23-8-11-26-43(39)54/h1-33H. The van der Waals surface area contributed by atoms with Gasteiger partial charge in [-0.1, -0.05) is 188 Å². The van der Waals surface area contributed by atoms with E-state index in [9.17, 15) is 0 Å². The van der Waals surface area contributed by atoms with Gasteiger partial charge in [0, 0.05) is 48.2 Å². The van der Waals surface area contributed by atoms with Crippen LogP contribution in [0.2, 0.25) is 0 Å². The van der Waals surface area contributed by atoms with Crippen molar-refractivity contribution in [1.29, 1.82) is 0 Å². The number of fused-ring (bicyclic) bond motifs is 13. The molecule has 0 fully saturated rings. The number of hydrogen-bond donors (Lipinski definition) is 0. The Morgan fingerprint density at radius 3 is 1.72 bits per heavy atom. The van der Waals surface area contributed by atoms with Gasteiger partial charge in [0.25, 0.3) is 0 Å². The Morgan fingerprint density at radius 1 is 0.379 bits per heavy atom. The summed E-state index contributed by atoms with van der Waals surface area (Å²) in [5.74, 6) is 0.699. The summed E-state index contributed by atoms with van der Waals surface area (Å²) in [6, 6.07) is 71.8. The molecule has 0 N–H and O–H groups in total. The van der Waals surface area contributed by atoms with E-state index < -0.39 is 5.41 Å². The number of hydrogen-bond acceptors (Lipinski definition) is 4. The highest BCUT2D eigenvalue weighted by Crippen LogP contribution is 2.63. The van der Waals surface area contributed by atoms with E-state index in [1.165, 1.54) is 48.6 Å². The lowest BCUT2D eigenvalue weighted by atomic mass is 9.67. The highest BCUT2D eigenvalue weighted by atomic mass is 32.2. The second kappa shape index (κ2) is 13.0. The molecule has 1 aliphatic heterocycles. The number of nitrogens with zero attached hydrogens (tertiary/aromatic N) is 3. The van der Waals surface area contributed by atoms with Gasteiger partial charge in [-0.15, -0.1) is 0 Å². The minimum Gasteiger partial charge on any atom is -0.247 e. The molecule has 12 rings (SSSR count). The zero-order chi connectivity index (χ0) is 38.2. The third-order valence-electron chi connectivity index (χ3n) is 11.9. The fourth-order valence-electron chi connectivity index (χ4n) is 9.46. The average molecular weight is 756 g/mol. The SMILES string of the molecule is c1ccc(-c2cc(-c3cccc(-c4nc5ccccc5c5c6c(ccc45)C4(c5ccccc5S6)c5ccccc5-c5ccccc54)c3)nc(-c3ccccc3)n2)cc1. The molecule has 1 spiro atoms. The van der Waals surface area contributed by atoms with Gasteiger partial charge < -0.3 is 0 Å². The van der Waals surface area contributed by atoms with Gasteiger partial charge in [0.1, 0.15) is 0 Å². The van der Waals surface area contributed by atoms with Gasteiger partial charge in [0.05, 0.1) is 28.0 Å². The Hall–Kier alpha value is -7.14. The normalized spacial score (nSPS) is 13.2. The van der Waals surface area contributed by atoms with Crippen LogP contribution in [0, 0.1) is 0 Å². The Morgan fingerprint density at radius 2 is 0.966 bits per heavy atom. The first-order valence-corrected chi connectivity index (χ1v) is 20.5. The summed E-state index contributed by atoms with van der Waals surface area (Å²) in [4.78, 5) is 18.2. The molecule has 2 aromatic heterocycles. The van der Waals surface area contributed by atoms with Gasteiger partial charge in [-0.3, -0.25) is 0 Å². The minimum absolute atomic E-state index is 0.455. The number of para-hydroxylation sites is 1. The molecule has 4 heteroatoms. The number of aromatic nitrogens is 3. The van der Waals surface area contributed by atoms with Crippen molar-refractivity contribution in [1.82, 2.24) is 15.0 Å². The maximum Gasteiger partial charge on any atom is 0.160 e. The van der Waals surface area contributed by atoms with Gasteiger partial charge in [0.15, 0.2) is 5.82 Å². The summed E-state index contributed by atoms with van der Waals surface area (Å²) in [6.07, 6.45) is 0. The Balaban J connectivity index is 1.11. The topological polar surface area (TPSA) is 38.7 Å². The van der Waals surface area contributed by atoms with E-state index in [1.54, 1.807) is 0 Å². The second-order valence-electron chi connectivity index (χ2n) is 15.1. The van der Waals surface area contributed by atoms with Crippen molar-refractivity contribution in [2.75, 3.05) is 0 Å². The van der Waals surface area contributed by atoms with Gasteiger partial charge in [-0.05, 0) is 57.6 Å². The molecule has 8 aromatic carbocycles. The molecule has 2 aliphatic rings. The van der Waals surface area contributed by atoms with Crippen molar-refractivity contribution in [3.05, 3.63) is 222 Å². The lowest BCUT2D eigenvalue weighted by molar-refractivity contribution is 0.726. The average Bonchev–Trinajstić information content (AvgIpc) is 3.59. The molecule has 3 heterocycles. The first-order valence-electron chi connectivity index (χ1n) is 19.7. The van der Waals surface area contributed by atoms with E-state index in [2.05, 4.69) is 176 Å². The maximum absolute atomic E-state index is 5.45. The lowest BCUT2D eigenvalue weighted by Gasteiger charge is -2.40. The molecular formula is C54H33N3S. The van der Waals surface area contributed by atoms with E-state index in [-0.39, 0.29) is 0 Å². The van der Waals surface area contributed by atoms with Crippen LogP contribution < -0.4 is 0 Å². The van der Waals surface area contributed by atoms with Gasteiger partial charge >= 0.3 is 0 Å². The van der Waals surface area contributed by atoms with E-state index >= 15 is 0 Å². The van der Waals surface area contributed by atoms with E-state index in [4.69, 9.17) is 15.0 Å². The molecule has 1 aliphatic carbocycles. The fraction of sp³-hybridized carbons (Fsp3) is 0.0185. The molecule has 0 bridgehead atoms. The van der Waals surface area contributed by atoms with Gasteiger partial charge in [-0.2, -0.15) is 0 Å². The monoisotopic (exact) mass is 755 g/mol. The summed E-state index contributed by atoms with van der Waals surface area (Å²) < 4.78 is 0. The van der Waals surface area contributed by atoms with Crippen LogP contribution in [0.1, 0.15) is 22.3 Å². The van der Waals surface area contributed by atoms with Crippen molar-refractivity contribution in [2.24, 2.45) is 0 Å². The number of pyridine rings is 1. The summed E-state index contributed by atoms with van der Waals surface area (Å²) in [7, 11) is 0. The smallest absolute Gasteiger partial charge is 0.160 e. The van der Waals surface area contributed by atoms with Crippen molar-refractivity contribution >= 4 is 33.4 Å².